The van der Waals surface area contributed by atoms with Crippen LogP contribution in [0.3, 0.4) is 0 Å². The van der Waals surface area contributed by atoms with E-state index in [2.05, 4.69) is 16.8 Å². The van der Waals surface area contributed by atoms with E-state index in [0.29, 0.717) is 0 Å². The molecule has 0 N–H and O–H groups in total. The van der Waals surface area contributed by atoms with E-state index in [-0.39, 0.29) is 11.5 Å². The molecule has 3 heterocycles. The van der Waals surface area contributed by atoms with E-state index < -0.39 is 5.60 Å². The highest BCUT2D eigenvalue weighted by Gasteiger charge is 2.54. The Morgan fingerprint density at radius 2 is 1.95 bits per heavy atom. The number of pyridine rings is 1. The molecule has 0 aliphatic carbocycles. The first kappa shape index (κ1) is 14.2. The van der Waals surface area contributed by atoms with E-state index in [0.717, 1.165) is 26.2 Å². The topological polar surface area (TPSA) is 45.7 Å². The van der Waals surface area contributed by atoms with Gasteiger partial charge in [-0.05, 0) is 39.3 Å². The van der Waals surface area contributed by atoms with Crippen LogP contribution in [0.4, 0.5) is 10.5 Å². The fourth-order valence-corrected chi connectivity index (χ4v) is 3.14. The van der Waals surface area contributed by atoms with Gasteiger partial charge in [0.1, 0.15) is 5.60 Å². The molecule has 2 aliphatic rings. The summed E-state index contributed by atoms with van der Waals surface area (Å²) in [6.07, 6.45) is 3.55. The van der Waals surface area contributed by atoms with Crippen molar-refractivity contribution in [2.45, 2.75) is 33.3 Å². The monoisotopic (exact) mass is 289 g/mol. The zero-order valence-electron chi connectivity index (χ0n) is 13.2. The number of aryl methyl sites for hydroxylation is 1. The predicted molar refractivity (Wildman–Crippen MR) is 81.4 cm³/mol. The van der Waals surface area contributed by atoms with Gasteiger partial charge in [-0.3, -0.25) is 4.98 Å². The molecule has 0 aromatic carbocycles. The molecule has 21 heavy (non-hydrogen) atoms. The summed E-state index contributed by atoms with van der Waals surface area (Å²) in [5, 5.41) is 0. The minimum absolute atomic E-state index is 0.191. The lowest BCUT2D eigenvalue weighted by atomic mass is 9.72. The van der Waals surface area contributed by atoms with Crippen LogP contribution in [0.1, 0.15) is 26.3 Å². The summed E-state index contributed by atoms with van der Waals surface area (Å²) in [7, 11) is 0. The zero-order valence-corrected chi connectivity index (χ0v) is 13.2. The van der Waals surface area contributed by atoms with E-state index in [1.807, 2.05) is 39.2 Å². The normalized spacial score (nSPS) is 20.0. The Bertz CT molecular complexity index is 551. The summed E-state index contributed by atoms with van der Waals surface area (Å²) in [5.74, 6) is 0. The Morgan fingerprint density at radius 1 is 1.29 bits per heavy atom. The van der Waals surface area contributed by atoms with E-state index in [1.165, 1.54) is 11.3 Å². The minimum Gasteiger partial charge on any atom is -0.444 e. The standard InChI is InChI=1S/C16H23N3O2/c1-12-5-6-17-7-13(12)18-8-16(9-18)10-19(11-16)14(20)21-15(2,3)4/h5-7H,8-11H2,1-4H3. The summed E-state index contributed by atoms with van der Waals surface area (Å²) in [4.78, 5) is 20.3. The van der Waals surface area contributed by atoms with Crippen LogP contribution >= 0.6 is 0 Å². The van der Waals surface area contributed by atoms with Crippen LogP contribution < -0.4 is 4.90 Å². The molecule has 2 aliphatic heterocycles. The van der Waals surface area contributed by atoms with Crippen LogP contribution in [0, 0.1) is 12.3 Å². The van der Waals surface area contributed by atoms with E-state index in [1.54, 1.807) is 4.90 Å². The van der Waals surface area contributed by atoms with Gasteiger partial charge in [-0.25, -0.2) is 4.79 Å². The van der Waals surface area contributed by atoms with Crippen LogP contribution in [0.15, 0.2) is 18.5 Å². The molecule has 5 nitrogen and oxygen atoms in total. The lowest BCUT2D eigenvalue weighted by Crippen LogP contribution is -2.73. The maximum atomic E-state index is 12.0. The van der Waals surface area contributed by atoms with Crippen LogP contribution in [0.25, 0.3) is 0 Å². The van der Waals surface area contributed by atoms with Gasteiger partial charge in [0.25, 0.3) is 0 Å². The minimum atomic E-state index is -0.418. The Kier molecular flexibility index (Phi) is 3.11. The van der Waals surface area contributed by atoms with E-state index >= 15 is 0 Å². The number of hydrogen-bond donors (Lipinski definition) is 0. The third-order valence-corrected chi connectivity index (χ3v) is 4.11. The van der Waals surface area contributed by atoms with Crippen molar-refractivity contribution in [2.75, 3.05) is 31.1 Å². The second-order valence-corrected chi connectivity index (χ2v) is 7.35. The predicted octanol–water partition coefficient (Wildman–Crippen LogP) is 2.45. The number of aromatic nitrogens is 1. The number of carbonyl (C=O) groups is 1. The SMILES string of the molecule is Cc1ccncc1N1CC2(CN(C(=O)OC(C)(C)C)C2)C1. The first-order valence-corrected chi connectivity index (χ1v) is 7.42. The van der Waals surface area contributed by atoms with Gasteiger partial charge < -0.3 is 14.5 Å². The van der Waals surface area contributed by atoms with E-state index in [9.17, 15) is 4.79 Å². The maximum Gasteiger partial charge on any atom is 0.410 e. The van der Waals surface area contributed by atoms with Crippen molar-refractivity contribution in [1.29, 1.82) is 0 Å². The lowest BCUT2D eigenvalue weighted by molar-refractivity contribution is -0.0453. The molecule has 2 fully saturated rings. The van der Waals surface area contributed by atoms with Crippen molar-refractivity contribution < 1.29 is 9.53 Å². The number of anilines is 1. The molecule has 1 spiro atoms. The van der Waals surface area contributed by atoms with Gasteiger partial charge >= 0.3 is 6.09 Å². The molecular weight excluding hydrogens is 266 g/mol. The fraction of sp³-hybridized carbons (Fsp3) is 0.625. The molecule has 1 aromatic heterocycles. The zero-order chi connectivity index (χ0) is 15.3. The van der Waals surface area contributed by atoms with Gasteiger partial charge in [-0.2, -0.15) is 0 Å². The highest BCUT2D eigenvalue weighted by Crippen LogP contribution is 2.42. The van der Waals surface area contributed by atoms with Gasteiger partial charge in [-0.15, -0.1) is 0 Å². The molecule has 1 aromatic rings. The summed E-state index contributed by atoms with van der Waals surface area (Å²) >= 11 is 0. The largest absolute Gasteiger partial charge is 0.444 e. The second-order valence-electron chi connectivity index (χ2n) is 7.35. The third-order valence-electron chi connectivity index (χ3n) is 4.11. The molecule has 0 unspecified atom stereocenters. The number of amides is 1. The summed E-state index contributed by atoms with van der Waals surface area (Å²) in [6.45, 7) is 11.4. The van der Waals surface area contributed by atoms with Crippen molar-refractivity contribution in [3.05, 3.63) is 24.0 Å². The second kappa shape index (κ2) is 4.61. The summed E-state index contributed by atoms with van der Waals surface area (Å²) in [5.41, 5.74) is 2.30. The number of carbonyl (C=O) groups excluding carboxylic acids is 1. The Balaban J connectivity index is 1.52. The molecule has 1 amide bonds. The molecule has 0 atom stereocenters. The van der Waals surface area contributed by atoms with Crippen LogP contribution in [0.5, 0.6) is 0 Å². The van der Waals surface area contributed by atoms with Crippen molar-refractivity contribution in [2.24, 2.45) is 5.41 Å². The number of likely N-dealkylation sites (tertiary alicyclic amines) is 1. The van der Waals surface area contributed by atoms with Crippen molar-refractivity contribution in [1.82, 2.24) is 9.88 Å². The molecule has 0 saturated carbocycles. The van der Waals surface area contributed by atoms with Crippen LogP contribution in [0.2, 0.25) is 0 Å². The Labute approximate surface area is 125 Å². The number of rotatable bonds is 1. The number of hydrogen-bond acceptors (Lipinski definition) is 4. The van der Waals surface area contributed by atoms with Crippen molar-refractivity contribution in [3.63, 3.8) is 0 Å². The van der Waals surface area contributed by atoms with Crippen LogP contribution in [-0.4, -0.2) is 47.8 Å². The highest BCUT2D eigenvalue weighted by atomic mass is 16.6. The van der Waals surface area contributed by atoms with Gasteiger partial charge in [0, 0.05) is 37.8 Å². The average molecular weight is 289 g/mol. The van der Waals surface area contributed by atoms with Gasteiger partial charge in [0.15, 0.2) is 0 Å². The Morgan fingerprint density at radius 3 is 2.52 bits per heavy atom. The van der Waals surface area contributed by atoms with Gasteiger partial charge in [0.2, 0.25) is 0 Å². The van der Waals surface area contributed by atoms with Gasteiger partial charge in [-0.1, -0.05) is 0 Å². The molecule has 114 valence electrons. The van der Waals surface area contributed by atoms with Crippen LogP contribution in [-0.2, 0) is 4.74 Å². The first-order valence-electron chi connectivity index (χ1n) is 7.42. The first-order chi connectivity index (χ1) is 9.78. The Hall–Kier alpha value is -1.78. The van der Waals surface area contributed by atoms with Gasteiger partial charge in [0.05, 0.1) is 11.9 Å². The molecular formula is C16H23N3O2. The van der Waals surface area contributed by atoms with Crippen molar-refractivity contribution >= 4 is 11.8 Å². The maximum absolute atomic E-state index is 12.0. The smallest absolute Gasteiger partial charge is 0.410 e. The molecule has 2 saturated heterocycles. The van der Waals surface area contributed by atoms with E-state index in [4.69, 9.17) is 4.74 Å². The summed E-state index contributed by atoms with van der Waals surface area (Å²) < 4.78 is 5.40. The number of ether oxygens (including phenoxy) is 1. The fourth-order valence-electron chi connectivity index (χ4n) is 3.14. The molecule has 0 radical (unpaired) electrons. The highest BCUT2D eigenvalue weighted by molar-refractivity contribution is 5.70. The lowest BCUT2D eigenvalue weighted by Gasteiger charge is -2.60. The summed E-state index contributed by atoms with van der Waals surface area (Å²) in [6, 6.07) is 2.04. The molecule has 5 heteroatoms. The van der Waals surface area contributed by atoms with Crippen molar-refractivity contribution in [3.8, 4) is 0 Å². The quantitative estimate of drug-likeness (QED) is 0.796. The molecule has 3 rings (SSSR count). The number of nitrogens with zero attached hydrogens (tertiary/aromatic N) is 3. The average Bonchev–Trinajstić information content (AvgIpc) is 2.25. The third kappa shape index (κ3) is 2.69. The molecule has 0 bridgehead atoms.